The second-order valence-corrected chi connectivity index (χ2v) is 4.14. The SMILES string of the molecule is CCCCn1c(C)nc(-c2cccnc2)c1N. The minimum absolute atomic E-state index is 0.740. The molecule has 0 amide bonds. The van der Waals surface area contributed by atoms with Gasteiger partial charge in [0.15, 0.2) is 0 Å². The second-order valence-electron chi connectivity index (χ2n) is 4.14. The van der Waals surface area contributed by atoms with Crippen molar-refractivity contribution in [2.45, 2.75) is 33.2 Å². The minimum atomic E-state index is 0.740. The van der Waals surface area contributed by atoms with Gasteiger partial charge < -0.3 is 10.3 Å². The molecular weight excluding hydrogens is 212 g/mol. The lowest BCUT2D eigenvalue weighted by atomic mass is 10.2. The van der Waals surface area contributed by atoms with Crippen molar-refractivity contribution < 1.29 is 0 Å². The summed E-state index contributed by atoms with van der Waals surface area (Å²) in [5.41, 5.74) is 7.96. The highest BCUT2D eigenvalue weighted by Gasteiger charge is 2.12. The summed E-state index contributed by atoms with van der Waals surface area (Å²) in [5.74, 6) is 1.71. The molecule has 0 atom stereocenters. The normalized spacial score (nSPS) is 10.7. The van der Waals surface area contributed by atoms with E-state index in [2.05, 4.69) is 21.5 Å². The van der Waals surface area contributed by atoms with Crippen molar-refractivity contribution in [3.8, 4) is 11.3 Å². The van der Waals surface area contributed by atoms with E-state index in [0.717, 1.165) is 42.3 Å². The second kappa shape index (κ2) is 4.99. The van der Waals surface area contributed by atoms with E-state index in [4.69, 9.17) is 5.73 Å². The van der Waals surface area contributed by atoms with Gasteiger partial charge in [0, 0.05) is 24.5 Å². The maximum absolute atomic E-state index is 6.15. The van der Waals surface area contributed by atoms with Gasteiger partial charge in [-0.3, -0.25) is 4.98 Å². The number of rotatable bonds is 4. The molecule has 0 aliphatic rings. The lowest BCUT2D eigenvalue weighted by Crippen LogP contribution is -2.04. The van der Waals surface area contributed by atoms with Crippen LogP contribution in [0, 0.1) is 6.92 Å². The van der Waals surface area contributed by atoms with Crippen molar-refractivity contribution in [1.29, 1.82) is 0 Å². The summed E-state index contributed by atoms with van der Waals surface area (Å²) in [6.07, 6.45) is 5.82. The van der Waals surface area contributed by atoms with Gasteiger partial charge in [0.2, 0.25) is 0 Å². The number of unbranched alkanes of at least 4 members (excludes halogenated alkanes) is 1. The first kappa shape index (κ1) is 11.6. The molecule has 2 N–H and O–H groups in total. The number of aryl methyl sites for hydroxylation is 1. The third kappa shape index (κ3) is 2.30. The molecule has 0 aliphatic heterocycles. The zero-order valence-corrected chi connectivity index (χ0v) is 10.3. The maximum atomic E-state index is 6.15. The molecule has 0 radical (unpaired) electrons. The first-order chi connectivity index (χ1) is 8.24. The van der Waals surface area contributed by atoms with E-state index in [0.29, 0.717) is 0 Å². The molecule has 2 aromatic rings. The number of imidazole rings is 1. The number of hydrogen-bond donors (Lipinski definition) is 1. The number of nitrogen functional groups attached to an aromatic ring is 1. The van der Waals surface area contributed by atoms with Gasteiger partial charge in [0.1, 0.15) is 17.3 Å². The average Bonchev–Trinajstić information content (AvgIpc) is 2.64. The summed E-state index contributed by atoms with van der Waals surface area (Å²) in [6, 6.07) is 3.88. The van der Waals surface area contributed by atoms with Crippen LogP contribution in [-0.2, 0) is 6.54 Å². The molecule has 0 bridgehead atoms. The Balaban J connectivity index is 2.37. The van der Waals surface area contributed by atoms with Crippen LogP contribution in [0.3, 0.4) is 0 Å². The number of nitrogens with two attached hydrogens (primary N) is 1. The van der Waals surface area contributed by atoms with E-state index in [1.165, 1.54) is 0 Å². The molecule has 4 heteroatoms. The van der Waals surface area contributed by atoms with Crippen LogP contribution in [0.15, 0.2) is 24.5 Å². The van der Waals surface area contributed by atoms with Gasteiger partial charge in [-0.2, -0.15) is 0 Å². The zero-order chi connectivity index (χ0) is 12.3. The highest BCUT2D eigenvalue weighted by Crippen LogP contribution is 2.25. The van der Waals surface area contributed by atoms with E-state index >= 15 is 0 Å². The smallest absolute Gasteiger partial charge is 0.131 e. The standard InChI is InChI=1S/C13H18N4/c1-3-4-8-17-10(2)16-12(13(17)14)11-6-5-7-15-9-11/h5-7,9H,3-4,8,14H2,1-2H3. The first-order valence-electron chi connectivity index (χ1n) is 5.97. The molecular formula is C13H18N4. The van der Waals surface area contributed by atoms with Crippen LogP contribution in [0.5, 0.6) is 0 Å². The highest BCUT2D eigenvalue weighted by molar-refractivity contribution is 5.70. The number of anilines is 1. The molecule has 2 aromatic heterocycles. The van der Waals surface area contributed by atoms with Crippen LogP contribution in [0.4, 0.5) is 5.82 Å². The Morgan fingerprint density at radius 3 is 2.88 bits per heavy atom. The molecule has 0 saturated carbocycles. The third-order valence-electron chi connectivity index (χ3n) is 2.87. The number of aromatic nitrogens is 3. The van der Waals surface area contributed by atoms with Gasteiger partial charge in [-0.05, 0) is 25.5 Å². The summed E-state index contributed by atoms with van der Waals surface area (Å²) in [7, 11) is 0. The van der Waals surface area contributed by atoms with Crippen LogP contribution < -0.4 is 5.73 Å². The van der Waals surface area contributed by atoms with Gasteiger partial charge in [-0.1, -0.05) is 13.3 Å². The summed E-state index contributed by atoms with van der Waals surface area (Å²) in [6.45, 7) is 5.10. The third-order valence-corrected chi connectivity index (χ3v) is 2.87. The van der Waals surface area contributed by atoms with E-state index in [9.17, 15) is 0 Å². The van der Waals surface area contributed by atoms with Crippen LogP contribution >= 0.6 is 0 Å². The fourth-order valence-electron chi connectivity index (χ4n) is 1.90. The zero-order valence-electron chi connectivity index (χ0n) is 10.3. The predicted octanol–water partition coefficient (Wildman–Crippen LogP) is 2.64. The molecule has 4 nitrogen and oxygen atoms in total. The van der Waals surface area contributed by atoms with Crippen molar-refractivity contribution in [1.82, 2.24) is 14.5 Å². The first-order valence-corrected chi connectivity index (χ1v) is 5.97. The van der Waals surface area contributed by atoms with Crippen LogP contribution in [0.1, 0.15) is 25.6 Å². The molecule has 0 unspecified atom stereocenters. The van der Waals surface area contributed by atoms with E-state index in [1.54, 1.807) is 12.4 Å². The maximum Gasteiger partial charge on any atom is 0.131 e. The van der Waals surface area contributed by atoms with E-state index in [1.807, 2.05) is 19.1 Å². The molecule has 0 saturated heterocycles. The molecule has 90 valence electrons. The Kier molecular flexibility index (Phi) is 3.42. The topological polar surface area (TPSA) is 56.7 Å². The Hall–Kier alpha value is -1.84. The van der Waals surface area contributed by atoms with Crippen LogP contribution in [0.2, 0.25) is 0 Å². The quantitative estimate of drug-likeness (QED) is 0.878. The van der Waals surface area contributed by atoms with Crippen molar-refractivity contribution in [2.24, 2.45) is 0 Å². The Morgan fingerprint density at radius 1 is 1.41 bits per heavy atom. The molecule has 17 heavy (non-hydrogen) atoms. The Morgan fingerprint density at radius 2 is 2.24 bits per heavy atom. The van der Waals surface area contributed by atoms with Crippen LogP contribution in [-0.4, -0.2) is 14.5 Å². The Bertz CT molecular complexity index is 488. The number of nitrogens with zero attached hydrogens (tertiary/aromatic N) is 3. The lowest BCUT2D eigenvalue weighted by Gasteiger charge is -2.06. The van der Waals surface area contributed by atoms with Gasteiger partial charge in [0.25, 0.3) is 0 Å². The van der Waals surface area contributed by atoms with E-state index < -0.39 is 0 Å². The largest absolute Gasteiger partial charge is 0.383 e. The molecule has 0 aliphatic carbocycles. The highest BCUT2D eigenvalue weighted by atomic mass is 15.1. The van der Waals surface area contributed by atoms with Crippen molar-refractivity contribution in [3.63, 3.8) is 0 Å². The monoisotopic (exact) mass is 230 g/mol. The van der Waals surface area contributed by atoms with Gasteiger partial charge in [-0.15, -0.1) is 0 Å². The van der Waals surface area contributed by atoms with Gasteiger partial charge >= 0.3 is 0 Å². The summed E-state index contributed by atoms with van der Waals surface area (Å²) in [4.78, 5) is 8.63. The fourth-order valence-corrected chi connectivity index (χ4v) is 1.90. The fraction of sp³-hybridized carbons (Fsp3) is 0.385. The Labute approximate surface area is 102 Å². The molecule has 0 spiro atoms. The molecule has 0 aromatic carbocycles. The summed E-state index contributed by atoms with van der Waals surface area (Å²) in [5, 5.41) is 0. The minimum Gasteiger partial charge on any atom is -0.383 e. The molecule has 0 fully saturated rings. The van der Waals surface area contributed by atoms with E-state index in [-0.39, 0.29) is 0 Å². The van der Waals surface area contributed by atoms with Gasteiger partial charge in [0.05, 0.1) is 0 Å². The summed E-state index contributed by atoms with van der Waals surface area (Å²) < 4.78 is 2.08. The molecule has 2 rings (SSSR count). The van der Waals surface area contributed by atoms with Crippen molar-refractivity contribution in [2.75, 3.05) is 5.73 Å². The van der Waals surface area contributed by atoms with Crippen molar-refractivity contribution in [3.05, 3.63) is 30.4 Å². The van der Waals surface area contributed by atoms with Gasteiger partial charge in [-0.25, -0.2) is 4.98 Å². The number of hydrogen-bond acceptors (Lipinski definition) is 3. The lowest BCUT2D eigenvalue weighted by molar-refractivity contribution is 0.622. The predicted molar refractivity (Wildman–Crippen MR) is 69.5 cm³/mol. The average molecular weight is 230 g/mol. The van der Waals surface area contributed by atoms with Crippen molar-refractivity contribution >= 4 is 5.82 Å². The van der Waals surface area contributed by atoms with Crippen LogP contribution in [0.25, 0.3) is 11.3 Å². The number of pyridine rings is 1. The molecule has 2 heterocycles. The summed E-state index contributed by atoms with van der Waals surface area (Å²) >= 11 is 0.